The number of benzene rings is 12. The minimum Gasteiger partial charge on any atom is -0.396 e. The third-order valence-corrected chi connectivity index (χ3v) is 23.8. The smallest absolute Gasteiger partial charge is 0.0951 e. The molecule has 18 rings (SSSR count). The fraction of sp³-hybridized carbons (Fsp3) is 0.0494. The lowest BCUT2D eigenvalue weighted by atomic mass is 9.89. The zero-order valence-electron chi connectivity index (χ0n) is 47.7. The van der Waals surface area contributed by atoms with E-state index in [-0.39, 0.29) is 0 Å². The Hall–Kier alpha value is -9.10. The molecule has 416 valence electrons. The molecule has 12 aromatic carbocycles. The first-order chi connectivity index (χ1) is 43.4. The van der Waals surface area contributed by atoms with Crippen molar-refractivity contribution in [3.05, 3.63) is 263 Å². The number of fused-ring (bicyclic) bond motifs is 15. The molecule has 0 saturated heterocycles. The zero-order chi connectivity index (χ0) is 58.1. The summed E-state index contributed by atoms with van der Waals surface area (Å²) in [7, 11) is 2.96. The van der Waals surface area contributed by atoms with Gasteiger partial charge in [-0.2, -0.15) is 0 Å². The predicted molar refractivity (Wildman–Crippen MR) is 392 cm³/mol. The predicted octanol–water partition coefficient (Wildman–Crippen LogP) is 24.6. The van der Waals surface area contributed by atoms with Crippen molar-refractivity contribution < 1.29 is 0 Å². The molecule has 0 saturated carbocycles. The minimum atomic E-state index is 0.661. The van der Waals surface area contributed by atoms with Crippen LogP contribution in [0.4, 0.5) is 11.4 Å². The first-order valence-electron chi connectivity index (χ1n) is 30.2. The van der Waals surface area contributed by atoms with Crippen LogP contribution in [0.2, 0.25) is 0 Å². The van der Waals surface area contributed by atoms with E-state index in [9.17, 15) is 0 Å². The van der Waals surface area contributed by atoms with E-state index in [1.807, 2.05) is 45.3 Å². The van der Waals surface area contributed by atoms with Crippen molar-refractivity contribution in [2.24, 2.45) is 4.99 Å². The molecule has 16 aromatic rings. The minimum absolute atomic E-state index is 0.661. The zero-order valence-corrected chi connectivity index (χ0v) is 52.2. The molecule has 1 unspecified atom stereocenters. The van der Waals surface area contributed by atoms with Gasteiger partial charge in [0.1, 0.15) is 0 Å². The molecule has 1 atom stereocenters. The van der Waals surface area contributed by atoms with Gasteiger partial charge in [-0.1, -0.05) is 191 Å². The molecular weight excluding hydrogens is 1160 g/mol. The molecule has 2 N–H and O–H groups in total. The summed E-state index contributed by atoms with van der Waals surface area (Å²) in [5.41, 5.74) is 28.2. The number of nitrogens with two attached hydrogens (primary N) is 1. The van der Waals surface area contributed by atoms with E-state index in [0.29, 0.717) is 5.69 Å². The van der Waals surface area contributed by atoms with Gasteiger partial charge in [0, 0.05) is 86.8 Å². The first-order valence-corrected chi connectivity index (χ1v) is 34.0. The van der Waals surface area contributed by atoms with Gasteiger partial charge in [-0.05, 0) is 181 Å². The maximum absolute atomic E-state index is 7.55. The van der Waals surface area contributed by atoms with E-state index < -0.39 is 0 Å². The number of nitrogens with zero attached hydrogens (tertiary/aromatic N) is 1. The summed E-state index contributed by atoms with van der Waals surface area (Å²) in [6, 6.07) is 83.8. The molecule has 0 spiro atoms. The van der Waals surface area contributed by atoms with E-state index >= 15 is 0 Å². The fourth-order valence-electron chi connectivity index (χ4n) is 14.1. The van der Waals surface area contributed by atoms with Crippen molar-refractivity contribution in [2.75, 3.05) is 5.73 Å². The summed E-state index contributed by atoms with van der Waals surface area (Å²) in [4.78, 5) is 8.36. The number of anilines is 1. The number of aliphatic imine (C=N–C) groups is 1. The van der Waals surface area contributed by atoms with Crippen molar-refractivity contribution in [2.45, 2.75) is 25.7 Å². The maximum Gasteiger partial charge on any atom is 0.0951 e. The number of allylic oxidation sites excluding steroid dienone is 2. The van der Waals surface area contributed by atoms with Crippen molar-refractivity contribution >= 4 is 166 Å². The highest BCUT2D eigenvalue weighted by Crippen LogP contribution is 2.50. The fourth-order valence-corrected chi connectivity index (χ4v) is 19.5. The summed E-state index contributed by atoms with van der Waals surface area (Å²) in [6.07, 6.45) is 13.7. The normalized spacial score (nSPS) is 13.4. The van der Waals surface area contributed by atoms with E-state index in [1.54, 1.807) is 0 Å². The van der Waals surface area contributed by atoms with Gasteiger partial charge in [0.15, 0.2) is 0 Å². The molecule has 0 amide bonds. The van der Waals surface area contributed by atoms with Gasteiger partial charge < -0.3 is 5.73 Å². The molecule has 0 radical (unpaired) electrons. The maximum atomic E-state index is 7.55. The van der Waals surface area contributed by atoms with Gasteiger partial charge >= 0.3 is 0 Å². The average Bonchev–Trinajstić information content (AvgIpc) is 2.62. The molecule has 4 heterocycles. The van der Waals surface area contributed by atoms with Gasteiger partial charge in [0.25, 0.3) is 0 Å². The second-order valence-electron chi connectivity index (χ2n) is 23.4. The van der Waals surface area contributed by atoms with Crippen LogP contribution in [0, 0.1) is 0 Å². The topological polar surface area (TPSA) is 38.4 Å². The highest BCUT2D eigenvalue weighted by molar-refractivity contribution is 7.42. The standard InChI is InChI=1S/C81H53N2PS4/c82-75-69-43-48(36-37-59(69)58-20-1-2-25-64(58)76(75)83-81(84)50-19-12-17-47(39-50)46-16-11-18-49(38-46)55-26-13-29-65-60-21-3-7-32-71(60)85-77(55)65)51-44-68(80-70(45-51)63-24-6-10-35-74(63)88-80)54-41-52(56-27-14-30-66-61-22-4-8-33-72(61)86-78(56)66)40-53(42-54)57-28-15-31-67-62-23-5-9-34-73(62)87-79(57)67/h1-4,6,8-22,24-31,33-45H,5,7,23,32,82,84H2. The van der Waals surface area contributed by atoms with Crippen LogP contribution in [0.1, 0.15) is 39.3 Å². The Morgan fingerprint density at radius 1 is 0.364 bits per heavy atom. The van der Waals surface area contributed by atoms with E-state index in [4.69, 9.17) is 10.7 Å². The van der Waals surface area contributed by atoms with Crippen LogP contribution >= 0.6 is 54.6 Å². The van der Waals surface area contributed by atoms with Crippen molar-refractivity contribution in [1.82, 2.24) is 0 Å². The Morgan fingerprint density at radius 3 is 1.68 bits per heavy atom. The lowest BCUT2D eigenvalue weighted by molar-refractivity contribution is 1.01. The first kappa shape index (κ1) is 52.1. The number of nitrogen functional groups attached to an aromatic ring is 1. The van der Waals surface area contributed by atoms with Gasteiger partial charge in [-0.25, -0.2) is 4.99 Å². The van der Waals surface area contributed by atoms with Gasteiger partial charge in [0.2, 0.25) is 0 Å². The van der Waals surface area contributed by atoms with Gasteiger partial charge in [-0.15, -0.1) is 45.3 Å². The van der Waals surface area contributed by atoms with E-state index in [2.05, 4.69) is 258 Å². The Balaban J connectivity index is 0.783. The van der Waals surface area contributed by atoms with Crippen LogP contribution in [-0.2, 0) is 12.8 Å². The quantitative estimate of drug-likeness (QED) is 0.0700. The summed E-state index contributed by atoms with van der Waals surface area (Å²) in [5.74, 6) is 0. The molecule has 2 aliphatic rings. The van der Waals surface area contributed by atoms with Gasteiger partial charge in [-0.3, -0.25) is 0 Å². The molecular formula is C81H53N2PS4. The third-order valence-electron chi connectivity index (χ3n) is 18.3. The number of thiophene rings is 4. The third kappa shape index (κ3) is 8.46. The molecule has 0 bridgehead atoms. The summed E-state index contributed by atoms with van der Waals surface area (Å²) in [6.45, 7) is 0. The highest BCUT2D eigenvalue weighted by Gasteiger charge is 2.23. The Kier molecular flexibility index (Phi) is 12.3. The second-order valence-corrected chi connectivity index (χ2v) is 28.2. The molecule has 0 aliphatic heterocycles. The van der Waals surface area contributed by atoms with E-state index in [0.717, 1.165) is 80.6 Å². The van der Waals surface area contributed by atoms with Crippen LogP contribution in [0.15, 0.2) is 242 Å². The highest BCUT2D eigenvalue weighted by atomic mass is 32.1. The van der Waals surface area contributed by atoms with Crippen molar-refractivity contribution in [3.8, 4) is 66.8 Å². The lowest BCUT2D eigenvalue weighted by Crippen LogP contribution is -1.95. The van der Waals surface area contributed by atoms with E-state index in [1.165, 1.54) is 131 Å². The van der Waals surface area contributed by atoms with Crippen LogP contribution in [0.3, 0.4) is 0 Å². The Morgan fingerprint density at radius 2 is 0.898 bits per heavy atom. The summed E-state index contributed by atoms with van der Waals surface area (Å²) >= 11 is 7.68. The van der Waals surface area contributed by atoms with Gasteiger partial charge in [0.05, 0.1) is 16.8 Å². The van der Waals surface area contributed by atoms with Crippen LogP contribution in [0.25, 0.3) is 161 Å². The summed E-state index contributed by atoms with van der Waals surface area (Å²) in [5, 5.41) is 12.1. The number of rotatable bonds is 8. The molecule has 88 heavy (non-hydrogen) atoms. The number of hydrogen-bond donors (Lipinski definition) is 1. The van der Waals surface area contributed by atoms with Crippen molar-refractivity contribution in [1.29, 1.82) is 0 Å². The molecule has 7 heteroatoms. The molecule has 4 aromatic heterocycles. The summed E-state index contributed by atoms with van der Waals surface area (Å²) < 4.78 is 7.90. The molecule has 2 aliphatic carbocycles. The average molecular weight is 1210 g/mol. The largest absolute Gasteiger partial charge is 0.396 e. The monoisotopic (exact) mass is 1210 g/mol. The molecule has 0 fully saturated rings. The van der Waals surface area contributed by atoms with Crippen molar-refractivity contribution in [3.63, 3.8) is 0 Å². The van der Waals surface area contributed by atoms with Crippen LogP contribution in [-0.4, -0.2) is 5.45 Å². The van der Waals surface area contributed by atoms with Crippen LogP contribution in [0.5, 0.6) is 0 Å². The second kappa shape index (κ2) is 20.8. The number of aryl methyl sites for hydroxylation is 2. The SMILES string of the molecule is Nc1c(N=C(P)c2cccc(-c3cccc(-c4cccc5c6c(sc45)CCC=C6)c3)c2)c2ccccc2c2ccc(-c3cc(-c4cc(-c5cccc6c7c(sc56)C=CCC7)cc(-c5cccc6c5sc5ccccc56)c4)c4sc5ccccc5c4c3)cc12. The Bertz CT molecular complexity index is 5740. The lowest BCUT2D eigenvalue weighted by Gasteiger charge is -2.16. The van der Waals surface area contributed by atoms with Crippen LogP contribution < -0.4 is 5.73 Å². The Labute approximate surface area is 527 Å². The number of hydrogen-bond acceptors (Lipinski definition) is 6. The molecule has 2 nitrogen and oxygen atoms in total.